The Morgan fingerprint density at radius 1 is 0.970 bits per heavy atom. The highest BCUT2D eigenvalue weighted by Gasteiger charge is 2.55. The molecule has 2 N–H and O–H groups in total. The van der Waals surface area contributed by atoms with Gasteiger partial charge in [0, 0.05) is 36.5 Å². The highest BCUT2D eigenvalue weighted by atomic mass is 19.1. The van der Waals surface area contributed by atoms with E-state index in [0.717, 1.165) is 5.69 Å². The van der Waals surface area contributed by atoms with E-state index in [-0.39, 0.29) is 0 Å². The molecule has 1 aliphatic rings. The first-order valence-corrected chi connectivity index (χ1v) is 11.2. The number of halogens is 1. The van der Waals surface area contributed by atoms with Gasteiger partial charge in [0.05, 0.1) is 23.9 Å². The van der Waals surface area contributed by atoms with Crippen LogP contribution in [0.4, 0.5) is 4.39 Å². The van der Waals surface area contributed by atoms with Crippen LogP contribution in [0.15, 0.2) is 55.2 Å². The number of alkyl halides is 1. The van der Waals surface area contributed by atoms with Crippen molar-refractivity contribution in [2.45, 2.75) is 51.5 Å². The van der Waals surface area contributed by atoms with Crippen LogP contribution in [0.2, 0.25) is 0 Å². The first-order chi connectivity index (χ1) is 15.2. The average Bonchev–Trinajstić information content (AvgIpc) is 3.22. The smallest absolute Gasteiger partial charge is 0.130 e. The van der Waals surface area contributed by atoms with Crippen LogP contribution in [-0.2, 0) is 16.9 Å². The molecule has 3 heterocycles. The third-order valence-electron chi connectivity index (χ3n) is 6.75. The Labute approximate surface area is 194 Å². The van der Waals surface area contributed by atoms with Gasteiger partial charge in [0.1, 0.15) is 16.9 Å². The second kappa shape index (κ2) is 7.72. The molecule has 0 unspecified atom stereocenters. The van der Waals surface area contributed by atoms with Gasteiger partial charge < -0.3 is 19.7 Å². The SMILES string of the molecule is CN1CC(C)([C@](O)(c2ccc(C(C)(C)F)cc2)c2cncc(-n3cnc(C(C)(C)O)c3)c2)C1. The fourth-order valence-corrected chi connectivity index (χ4v) is 4.89. The van der Waals surface area contributed by atoms with Crippen molar-refractivity contribution in [3.63, 3.8) is 0 Å². The molecule has 33 heavy (non-hydrogen) atoms. The number of rotatable bonds is 6. The maximum Gasteiger partial charge on any atom is 0.130 e. The molecule has 1 fully saturated rings. The van der Waals surface area contributed by atoms with E-state index in [1.165, 1.54) is 13.8 Å². The van der Waals surface area contributed by atoms with Gasteiger partial charge in [-0.3, -0.25) is 4.98 Å². The van der Waals surface area contributed by atoms with Gasteiger partial charge in [-0.1, -0.05) is 31.2 Å². The van der Waals surface area contributed by atoms with E-state index in [9.17, 15) is 14.6 Å². The van der Waals surface area contributed by atoms with Crippen LogP contribution >= 0.6 is 0 Å². The molecule has 2 aromatic heterocycles. The van der Waals surface area contributed by atoms with E-state index in [0.29, 0.717) is 35.5 Å². The Morgan fingerprint density at radius 3 is 2.09 bits per heavy atom. The number of pyridine rings is 1. The molecule has 0 amide bonds. The van der Waals surface area contributed by atoms with Gasteiger partial charge in [-0.25, -0.2) is 9.37 Å². The lowest BCUT2D eigenvalue weighted by atomic mass is 9.62. The van der Waals surface area contributed by atoms with Crippen molar-refractivity contribution in [1.29, 1.82) is 0 Å². The van der Waals surface area contributed by atoms with Crippen molar-refractivity contribution in [2.24, 2.45) is 5.41 Å². The van der Waals surface area contributed by atoms with Crippen molar-refractivity contribution in [3.05, 3.63) is 77.6 Å². The summed E-state index contributed by atoms with van der Waals surface area (Å²) in [5.74, 6) is 0. The molecule has 7 heteroatoms. The molecule has 0 radical (unpaired) electrons. The van der Waals surface area contributed by atoms with Crippen LogP contribution in [-0.4, -0.2) is 49.8 Å². The summed E-state index contributed by atoms with van der Waals surface area (Å²) >= 11 is 0. The van der Waals surface area contributed by atoms with Crippen LogP contribution in [0.5, 0.6) is 0 Å². The second-order valence-corrected chi connectivity index (χ2v) is 10.7. The Kier molecular flexibility index (Phi) is 5.51. The Balaban J connectivity index is 1.81. The average molecular weight is 453 g/mol. The molecule has 0 spiro atoms. The Morgan fingerprint density at radius 2 is 1.58 bits per heavy atom. The van der Waals surface area contributed by atoms with Gasteiger partial charge in [0.2, 0.25) is 0 Å². The summed E-state index contributed by atoms with van der Waals surface area (Å²) in [6.45, 7) is 9.90. The number of nitrogens with zero attached hydrogens (tertiary/aromatic N) is 4. The molecule has 4 rings (SSSR count). The van der Waals surface area contributed by atoms with Crippen LogP contribution in [0.1, 0.15) is 57.0 Å². The van der Waals surface area contributed by atoms with Crippen LogP contribution in [0, 0.1) is 5.41 Å². The zero-order valence-electron chi connectivity index (χ0n) is 20.2. The number of hydrogen-bond acceptors (Lipinski definition) is 5. The molecule has 176 valence electrons. The lowest BCUT2D eigenvalue weighted by Crippen LogP contribution is -2.63. The molecule has 3 aromatic rings. The summed E-state index contributed by atoms with van der Waals surface area (Å²) in [6, 6.07) is 9.02. The minimum Gasteiger partial charge on any atom is -0.384 e. The van der Waals surface area contributed by atoms with Crippen molar-refractivity contribution in [1.82, 2.24) is 19.4 Å². The maximum atomic E-state index is 14.5. The van der Waals surface area contributed by atoms with E-state index in [1.807, 2.05) is 25.2 Å². The van der Waals surface area contributed by atoms with E-state index in [4.69, 9.17) is 0 Å². The predicted molar refractivity (Wildman–Crippen MR) is 126 cm³/mol. The molecule has 1 aromatic carbocycles. The summed E-state index contributed by atoms with van der Waals surface area (Å²) in [5, 5.41) is 22.6. The van der Waals surface area contributed by atoms with Gasteiger partial charge in [0.15, 0.2) is 0 Å². The number of likely N-dealkylation sites (tertiary alicyclic amines) is 1. The monoisotopic (exact) mass is 452 g/mol. The van der Waals surface area contributed by atoms with Gasteiger partial charge >= 0.3 is 0 Å². The lowest BCUT2D eigenvalue weighted by molar-refractivity contribution is -0.127. The van der Waals surface area contributed by atoms with Crippen molar-refractivity contribution in [2.75, 3.05) is 20.1 Å². The van der Waals surface area contributed by atoms with Gasteiger partial charge in [-0.15, -0.1) is 0 Å². The first kappa shape index (κ1) is 23.5. The van der Waals surface area contributed by atoms with E-state index in [2.05, 4.69) is 21.8 Å². The third-order valence-corrected chi connectivity index (χ3v) is 6.75. The Hall–Kier alpha value is -2.61. The fraction of sp³-hybridized carbons (Fsp3) is 0.462. The molecule has 1 aliphatic heterocycles. The molecule has 0 aliphatic carbocycles. The minimum absolute atomic E-state index is 0.456. The first-order valence-electron chi connectivity index (χ1n) is 11.2. The van der Waals surface area contributed by atoms with E-state index < -0.39 is 22.3 Å². The standard InChI is InChI=1S/C26H33FN4O2/c1-23(2,27)18-7-9-19(10-8-18)26(33,25(5)15-30(6)16-25)20-11-21(13-28-12-20)31-14-22(29-17-31)24(3,4)32/h7-14,17,32-33H,15-16H2,1-6H3/t26-/m0/s1. The predicted octanol–water partition coefficient (Wildman–Crippen LogP) is 3.89. The number of aliphatic hydroxyl groups is 2. The molecule has 1 atom stereocenters. The Bertz CT molecular complexity index is 1140. The van der Waals surface area contributed by atoms with Crippen LogP contribution in [0.25, 0.3) is 5.69 Å². The number of benzene rings is 1. The van der Waals surface area contributed by atoms with Gasteiger partial charge in [-0.2, -0.15) is 0 Å². The van der Waals surface area contributed by atoms with Gasteiger partial charge in [0.25, 0.3) is 0 Å². The minimum atomic E-state index is -1.46. The molecular formula is C26H33FN4O2. The molecule has 1 saturated heterocycles. The molecule has 0 bridgehead atoms. The molecular weight excluding hydrogens is 419 g/mol. The van der Waals surface area contributed by atoms with Crippen molar-refractivity contribution >= 4 is 0 Å². The maximum absolute atomic E-state index is 14.5. The molecule has 0 saturated carbocycles. The lowest BCUT2D eigenvalue weighted by Gasteiger charge is -2.55. The summed E-state index contributed by atoms with van der Waals surface area (Å²) in [4.78, 5) is 10.9. The number of aromatic nitrogens is 3. The quantitative estimate of drug-likeness (QED) is 0.594. The van der Waals surface area contributed by atoms with E-state index >= 15 is 0 Å². The van der Waals surface area contributed by atoms with Crippen molar-refractivity contribution < 1.29 is 14.6 Å². The zero-order valence-corrected chi connectivity index (χ0v) is 20.2. The zero-order chi connectivity index (χ0) is 24.2. The van der Waals surface area contributed by atoms with Gasteiger partial charge in [-0.05, 0) is 51.9 Å². The summed E-state index contributed by atoms with van der Waals surface area (Å²) in [5.41, 5.74) is -1.12. The normalized spacial score (nSPS) is 18.6. The van der Waals surface area contributed by atoms with Crippen molar-refractivity contribution in [3.8, 4) is 5.69 Å². The molecule has 6 nitrogen and oxygen atoms in total. The topological polar surface area (TPSA) is 74.4 Å². The van der Waals surface area contributed by atoms with Crippen LogP contribution in [0.3, 0.4) is 0 Å². The highest BCUT2D eigenvalue weighted by Crippen LogP contribution is 2.50. The highest BCUT2D eigenvalue weighted by molar-refractivity contribution is 5.45. The van der Waals surface area contributed by atoms with Crippen LogP contribution < -0.4 is 0 Å². The summed E-state index contributed by atoms with van der Waals surface area (Å²) in [6.07, 6.45) is 6.78. The largest absolute Gasteiger partial charge is 0.384 e. The fourth-order valence-electron chi connectivity index (χ4n) is 4.89. The second-order valence-electron chi connectivity index (χ2n) is 10.7. The summed E-state index contributed by atoms with van der Waals surface area (Å²) < 4.78 is 16.2. The number of imidazole rings is 1. The third kappa shape index (κ3) is 4.09. The summed E-state index contributed by atoms with van der Waals surface area (Å²) in [7, 11) is 2.02. The van der Waals surface area contributed by atoms with E-state index in [1.54, 1.807) is 55.5 Å². The number of hydrogen-bond donors (Lipinski definition) is 2.